The Hall–Kier alpha value is -1.37. The minimum Gasteiger partial charge on any atom is -0.477 e. The van der Waals surface area contributed by atoms with E-state index in [1.54, 1.807) is 0 Å². The molecule has 11 heteroatoms. The number of aliphatic hydroxyl groups is 5. The summed E-state index contributed by atoms with van der Waals surface area (Å²) < 4.78 is 18.9. The second-order valence-corrected chi connectivity index (χ2v) is 5.05. The molecule has 0 aromatic rings. The van der Waals surface area contributed by atoms with Gasteiger partial charge in [-0.1, -0.05) is 0 Å². The second kappa shape index (κ2) is 6.40. The third kappa shape index (κ3) is 3.51. The Balaban J connectivity index is 3.22. The van der Waals surface area contributed by atoms with Crippen molar-refractivity contribution in [3.05, 3.63) is 0 Å². The molecule has 0 spiro atoms. The number of aliphatic hydroxyl groups excluding tert-OH is 3. The lowest BCUT2D eigenvalue weighted by Crippen LogP contribution is -2.70. The van der Waals surface area contributed by atoms with Gasteiger partial charge in [0.25, 0.3) is 11.6 Å². The van der Waals surface area contributed by atoms with E-state index in [4.69, 9.17) is 10.2 Å². The Morgan fingerprint density at radius 2 is 2.09 bits per heavy atom. The lowest BCUT2D eigenvalue weighted by molar-refractivity contribution is -0.339. The molecule has 1 aliphatic rings. The fourth-order valence-electron chi connectivity index (χ4n) is 2.14. The molecule has 1 unspecified atom stereocenters. The van der Waals surface area contributed by atoms with Crippen molar-refractivity contribution >= 4 is 11.9 Å². The maximum absolute atomic E-state index is 14.3. The maximum Gasteiger partial charge on any atom is 0.364 e. The van der Waals surface area contributed by atoms with E-state index in [0.717, 1.165) is 6.92 Å². The van der Waals surface area contributed by atoms with Crippen molar-refractivity contribution < 1.29 is 49.4 Å². The van der Waals surface area contributed by atoms with Crippen LogP contribution < -0.4 is 5.32 Å². The molecular formula is C11H18FNO9. The number of carboxylic acid groups (broad SMARTS) is 1. The Morgan fingerprint density at radius 3 is 2.50 bits per heavy atom. The van der Waals surface area contributed by atoms with Crippen LogP contribution in [0.3, 0.4) is 0 Å². The number of halogens is 1. The van der Waals surface area contributed by atoms with Gasteiger partial charge in [-0.05, 0) is 0 Å². The monoisotopic (exact) mass is 327 g/mol. The standard InChI is InChI=1S/C11H18FNO9/c1-4(15)13-7-5(16)2-10(20,9(18)19)22-8(7)11(12,21)6(17)3-14/h5-8,14,16-17,20-21H,2-3H2,1H3,(H,13,15)(H,18,19)/t5-,6+,7+,8+,10+,11?/m0/s1. The third-order valence-corrected chi connectivity index (χ3v) is 3.29. The molecule has 0 aromatic carbocycles. The number of carbonyl (C=O) groups is 2. The van der Waals surface area contributed by atoms with E-state index in [9.17, 15) is 34.4 Å². The number of alkyl halides is 1. The molecule has 0 saturated carbocycles. The zero-order chi connectivity index (χ0) is 17.3. The van der Waals surface area contributed by atoms with Crippen molar-refractivity contribution in [3.63, 3.8) is 0 Å². The first kappa shape index (κ1) is 18.7. The van der Waals surface area contributed by atoms with E-state index in [0.29, 0.717) is 0 Å². The van der Waals surface area contributed by atoms with E-state index in [1.165, 1.54) is 0 Å². The first-order chi connectivity index (χ1) is 9.95. The number of rotatable bonds is 5. The minimum atomic E-state index is -3.76. The molecule has 22 heavy (non-hydrogen) atoms. The molecular weight excluding hydrogens is 309 g/mol. The van der Waals surface area contributed by atoms with Gasteiger partial charge < -0.3 is 40.7 Å². The molecule has 0 radical (unpaired) electrons. The Kier molecular flexibility index (Phi) is 5.43. The van der Waals surface area contributed by atoms with Gasteiger partial charge in [0.2, 0.25) is 5.91 Å². The van der Waals surface area contributed by atoms with Crippen LogP contribution in [0.25, 0.3) is 0 Å². The van der Waals surface area contributed by atoms with Crippen molar-refractivity contribution in [1.29, 1.82) is 0 Å². The highest BCUT2D eigenvalue weighted by Gasteiger charge is 2.60. The number of hydrogen-bond donors (Lipinski definition) is 7. The van der Waals surface area contributed by atoms with Crippen LogP contribution in [-0.2, 0) is 14.3 Å². The third-order valence-electron chi connectivity index (χ3n) is 3.29. The van der Waals surface area contributed by atoms with E-state index in [2.05, 4.69) is 4.74 Å². The number of ether oxygens (including phenoxy) is 1. The normalized spacial score (nSPS) is 36.2. The van der Waals surface area contributed by atoms with Crippen molar-refractivity contribution in [3.8, 4) is 0 Å². The van der Waals surface area contributed by atoms with Gasteiger partial charge in [0, 0.05) is 13.3 Å². The van der Waals surface area contributed by atoms with Crippen molar-refractivity contribution in [2.45, 2.75) is 49.3 Å². The predicted octanol–water partition coefficient (Wildman–Crippen LogP) is -3.57. The molecule has 0 aliphatic carbocycles. The van der Waals surface area contributed by atoms with E-state index >= 15 is 0 Å². The summed E-state index contributed by atoms with van der Waals surface area (Å²) in [7, 11) is 0. The van der Waals surface area contributed by atoms with Gasteiger partial charge in [-0.3, -0.25) is 4.79 Å². The van der Waals surface area contributed by atoms with Gasteiger partial charge >= 0.3 is 5.97 Å². The first-order valence-corrected chi connectivity index (χ1v) is 6.24. The molecule has 1 amide bonds. The molecule has 7 N–H and O–H groups in total. The van der Waals surface area contributed by atoms with E-state index in [1.807, 2.05) is 5.32 Å². The zero-order valence-corrected chi connectivity index (χ0v) is 11.5. The molecule has 1 fully saturated rings. The number of amides is 1. The van der Waals surface area contributed by atoms with Gasteiger partial charge in [-0.25, -0.2) is 9.18 Å². The zero-order valence-electron chi connectivity index (χ0n) is 11.5. The van der Waals surface area contributed by atoms with Crippen LogP contribution in [0, 0.1) is 0 Å². The van der Waals surface area contributed by atoms with Crippen LogP contribution in [0.2, 0.25) is 0 Å². The summed E-state index contributed by atoms with van der Waals surface area (Å²) >= 11 is 0. The van der Waals surface area contributed by atoms with Gasteiger partial charge in [0.05, 0.1) is 18.8 Å². The Morgan fingerprint density at radius 1 is 1.55 bits per heavy atom. The lowest BCUT2D eigenvalue weighted by atomic mass is 9.87. The van der Waals surface area contributed by atoms with Crippen LogP contribution in [-0.4, -0.2) is 85.1 Å². The molecule has 10 nitrogen and oxygen atoms in total. The Bertz CT molecular complexity index is 445. The number of nitrogens with one attached hydrogen (secondary N) is 1. The van der Waals surface area contributed by atoms with Crippen molar-refractivity contribution in [2.75, 3.05) is 6.61 Å². The minimum absolute atomic E-state index is 0.771. The summed E-state index contributed by atoms with van der Waals surface area (Å²) in [5.74, 6) is -9.54. The van der Waals surface area contributed by atoms with E-state index < -0.39 is 60.9 Å². The molecule has 1 heterocycles. The summed E-state index contributed by atoms with van der Waals surface area (Å²) in [5.41, 5.74) is 0. The molecule has 128 valence electrons. The smallest absolute Gasteiger partial charge is 0.364 e. The number of carbonyl (C=O) groups excluding carboxylic acids is 1. The van der Waals surface area contributed by atoms with Crippen LogP contribution >= 0.6 is 0 Å². The molecule has 1 saturated heterocycles. The van der Waals surface area contributed by atoms with Crippen LogP contribution in [0.4, 0.5) is 4.39 Å². The van der Waals surface area contributed by atoms with Gasteiger partial charge in [0.15, 0.2) is 0 Å². The summed E-state index contributed by atoms with van der Waals surface area (Å²) in [5, 5.41) is 58.2. The summed E-state index contributed by atoms with van der Waals surface area (Å²) in [6.07, 6.45) is -7.52. The van der Waals surface area contributed by atoms with E-state index in [-0.39, 0.29) is 0 Å². The largest absolute Gasteiger partial charge is 0.477 e. The highest BCUT2D eigenvalue weighted by atomic mass is 19.2. The number of hydrogen-bond acceptors (Lipinski definition) is 8. The molecule has 0 bridgehead atoms. The quantitative estimate of drug-likeness (QED) is 0.269. The van der Waals surface area contributed by atoms with Gasteiger partial charge in [-0.15, -0.1) is 0 Å². The van der Waals surface area contributed by atoms with Crippen LogP contribution in [0.5, 0.6) is 0 Å². The van der Waals surface area contributed by atoms with Crippen molar-refractivity contribution in [2.24, 2.45) is 0 Å². The average Bonchev–Trinajstić information content (AvgIpc) is 2.39. The van der Waals surface area contributed by atoms with Crippen LogP contribution in [0.15, 0.2) is 0 Å². The lowest BCUT2D eigenvalue weighted by Gasteiger charge is -2.46. The second-order valence-electron chi connectivity index (χ2n) is 5.05. The maximum atomic E-state index is 14.3. The SMILES string of the molecule is CC(=O)N[C@H]1[C@H](C(O)(F)[C@H](O)CO)O[C@@](O)(C(=O)O)C[C@@H]1O. The highest BCUT2D eigenvalue weighted by molar-refractivity contribution is 5.76. The molecule has 1 aliphatic heterocycles. The number of aliphatic carboxylic acids is 1. The fraction of sp³-hybridized carbons (Fsp3) is 0.818. The fourth-order valence-corrected chi connectivity index (χ4v) is 2.14. The van der Waals surface area contributed by atoms with Crippen LogP contribution in [0.1, 0.15) is 13.3 Å². The van der Waals surface area contributed by atoms with Gasteiger partial charge in [0.1, 0.15) is 12.2 Å². The topological polar surface area (TPSA) is 177 Å². The molecule has 6 atom stereocenters. The summed E-state index contributed by atoms with van der Waals surface area (Å²) in [6, 6.07) is -1.67. The Labute approximate surface area is 123 Å². The predicted molar refractivity (Wildman–Crippen MR) is 64.8 cm³/mol. The summed E-state index contributed by atoms with van der Waals surface area (Å²) in [4.78, 5) is 22.1. The van der Waals surface area contributed by atoms with Gasteiger partial charge in [-0.2, -0.15) is 0 Å². The average molecular weight is 327 g/mol. The van der Waals surface area contributed by atoms with Crippen molar-refractivity contribution in [1.82, 2.24) is 5.32 Å². The summed E-state index contributed by atoms with van der Waals surface area (Å²) in [6.45, 7) is -0.261. The molecule has 1 rings (SSSR count). The molecule has 0 aromatic heterocycles. The number of carboxylic acids is 1. The first-order valence-electron chi connectivity index (χ1n) is 6.24. The highest BCUT2D eigenvalue weighted by Crippen LogP contribution is 2.35.